The van der Waals surface area contributed by atoms with Crippen LogP contribution in [0.5, 0.6) is 5.75 Å². The van der Waals surface area contributed by atoms with Gasteiger partial charge in [-0.25, -0.2) is 0 Å². The van der Waals surface area contributed by atoms with Crippen molar-refractivity contribution in [1.29, 1.82) is 0 Å². The Labute approximate surface area is 172 Å². The van der Waals surface area contributed by atoms with Gasteiger partial charge in [-0.15, -0.1) is 12.4 Å². The molecule has 0 radical (unpaired) electrons. The molecule has 0 bridgehead atoms. The topological polar surface area (TPSA) is 50.4 Å². The third kappa shape index (κ3) is 5.86. The number of halogens is 2. The average molecular weight is 409 g/mol. The van der Waals surface area contributed by atoms with E-state index in [1.807, 2.05) is 55.5 Å². The Bertz CT molecular complexity index is 731. The first-order valence-corrected chi connectivity index (χ1v) is 9.54. The Balaban J connectivity index is 0.00000261. The molecule has 4 nitrogen and oxygen atoms in total. The van der Waals surface area contributed by atoms with Crippen molar-refractivity contribution >= 4 is 29.9 Å². The standard InChI is InChI=1S/C21H25ClN2O2.ClH/c1-2-26-19-8-6-15(7-9-19)20(17-4-3-5-18(22)14-17)24-21(25)16-10-12-23-13-11-16;/h3-9,14,16,20,23H,2,10-13H2,1H3,(H,24,25);1H. The van der Waals surface area contributed by atoms with Crippen LogP contribution in [0.4, 0.5) is 0 Å². The minimum atomic E-state index is -0.230. The number of carbonyl (C=O) groups excluding carboxylic acids is 1. The monoisotopic (exact) mass is 408 g/mol. The number of carbonyl (C=O) groups is 1. The Morgan fingerprint density at radius 3 is 2.52 bits per heavy atom. The maximum Gasteiger partial charge on any atom is 0.223 e. The molecule has 27 heavy (non-hydrogen) atoms. The minimum Gasteiger partial charge on any atom is -0.494 e. The van der Waals surface area contributed by atoms with E-state index in [1.54, 1.807) is 0 Å². The van der Waals surface area contributed by atoms with Crippen LogP contribution >= 0.6 is 24.0 Å². The van der Waals surface area contributed by atoms with Gasteiger partial charge < -0.3 is 15.4 Å². The van der Waals surface area contributed by atoms with Crippen LogP contribution in [0.15, 0.2) is 48.5 Å². The van der Waals surface area contributed by atoms with Crippen molar-refractivity contribution in [2.24, 2.45) is 5.92 Å². The average Bonchev–Trinajstić information content (AvgIpc) is 2.68. The van der Waals surface area contributed by atoms with Crippen molar-refractivity contribution in [2.45, 2.75) is 25.8 Å². The zero-order valence-electron chi connectivity index (χ0n) is 15.4. The lowest BCUT2D eigenvalue weighted by Gasteiger charge is -2.26. The Morgan fingerprint density at radius 1 is 1.19 bits per heavy atom. The Kier molecular flexibility index (Phi) is 8.42. The molecule has 0 spiro atoms. The fraction of sp³-hybridized carbons (Fsp3) is 0.381. The lowest BCUT2D eigenvalue weighted by molar-refractivity contribution is -0.126. The van der Waals surface area contributed by atoms with Gasteiger partial charge in [0.15, 0.2) is 0 Å². The van der Waals surface area contributed by atoms with Crippen LogP contribution in [0.3, 0.4) is 0 Å². The zero-order chi connectivity index (χ0) is 18.4. The molecular formula is C21H26Cl2N2O2. The predicted molar refractivity (Wildman–Crippen MR) is 112 cm³/mol. The molecule has 0 saturated carbocycles. The number of nitrogens with one attached hydrogen (secondary N) is 2. The van der Waals surface area contributed by atoms with E-state index in [0.717, 1.165) is 42.8 Å². The van der Waals surface area contributed by atoms with Gasteiger partial charge in [-0.3, -0.25) is 4.79 Å². The van der Waals surface area contributed by atoms with Crippen LogP contribution in [0.1, 0.15) is 36.9 Å². The van der Waals surface area contributed by atoms with E-state index < -0.39 is 0 Å². The summed E-state index contributed by atoms with van der Waals surface area (Å²) in [5.74, 6) is 0.983. The van der Waals surface area contributed by atoms with Crippen molar-refractivity contribution in [2.75, 3.05) is 19.7 Å². The molecule has 2 N–H and O–H groups in total. The van der Waals surface area contributed by atoms with Gasteiger partial charge in [0.2, 0.25) is 5.91 Å². The van der Waals surface area contributed by atoms with Crippen LogP contribution in [0.25, 0.3) is 0 Å². The maximum absolute atomic E-state index is 12.8. The molecular weight excluding hydrogens is 383 g/mol. The lowest BCUT2D eigenvalue weighted by Crippen LogP contribution is -2.40. The van der Waals surface area contributed by atoms with E-state index >= 15 is 0 Å². The predicted octanol–water partition coefficient (Wildman–Crippen LogP) is 4.37. The second-order valence-electron chi connectivity index (χ2n) is 6.52. The van der Waals surface area contributed by atoms with Crippen LogP contribution in [-0.2, 0) is 4.79 Å². The van der Waals surface area contributed by atoms with E-state index in [4.69, 9.17) is 16.3 Å². The van der Waals surface area contributed by atoms with Crippen molar-refractivity contribution < 1.29 is 9.53 Å². The third-order valence-electron chi connectivity index (χ3n) is 4.70. The van der Waals surface area contributed by atoms with Gasteiger partial charge in [-0.2, -0.15) is 0 Å². The van der Waals surface area contributed by atoms with Crippen molar-refractivity contribution in [3.63, 3.8) is 0 Å². The number of ether oxygens (including phenoxy) is 1. The fourth-order valence-electron chi connectivity index (χ4n) is 3.31. The maximum atomic E-state index is 12.8. The summed E-state index contributed by atoms with van der Waals surface area (Å²) < 4.78 is 5.53. The normalized spacial score (nSPS) is 15.5. The SMILES string of the molecule is CCOc1ccc(C(NC(=O)C2CCNCC2)c2cccc(Cl)c2)cc1.Cl. The first-order valence-electron chi connectivity index (χ1n) is 9.16. The quantitative estimate of drug-likeness (QED) is 0.745. The minimum absolute atomic E-state index is 0. The highest BCUT2D eigenvalue weighted by atomic mass is 35.5. The van der Waals surface area contributed by atoms with Crippen molar-refractivity contribution in [3.05, 3.63) is 64.7 Å². The van der Waals surface area contributed by atoms with Gasteiger partial charge in [0.25, 0.3) is 0 Å². The molecule has 2 aromatic carbocycles. The summed E-state index contributed by atoms with van der Waals surface area (Å²) in [4.78, 5) is 12.8. The third-order valence-corrected chi connectivity index (χ3v) is 4.94. The van der Waals surface area contributed by atoms with Gasteiger partial charge in [0.05, 0.1) is 12.6 Å². The van der Waals surface area contributed by atoms with E-state index in [-0.39, 0.29) is 30.3 Å². The molecule has 2 aromatic rings. The van der Waals surface area contributed by atoms with Gasteiger partial charge in [-0.05, 0) is 68.2 Å². The molecule has 3 rings (SSSR count). The molecule has 6 heteroatoms. The summed E-state index contributed by atoms with van der Waals surface area (Å²) in [6.07, 6.45) is 1.74. The number of hydrogen-bond donors (Lipinski definition) is 2. The highest BCUT2D eigenvalue weighted by Gasteiger charge is 2.25. The highest BCUT2D eigenvalue weighted by Crippen LogP contribution is 2.27. The molecule has 1 amide bonds. The smallest absolute Gasteiger partial charge is 0.223 e. The molecule has 1 atom stereocenters. The molecule has 0 aromatic heterocycles. The molecule has 0 aliphatic carbocycles. The lowest BCUT2D eigenvalue weighted by atomic mass is 9.94. The largest absolute Gasteiger partial charge is 0.494 e. The summed E-state index contributed by atoms with van der Waals surface area (Å²) >= 11 is 6.19. The Hall–Kier alpha value is -1.75. The molecule has 1 heterocycles. The highest BCUT2D eigenvalue weighted by molar-refractivity contribution is 6.30. The van der Waals surface area contributed by atoms with Crippen LogP contribution < -0.4 is 15.4 Å². The number of benzene rings is 2. The molecule has 1 saturated heterocycles. The number of rotatable bonds is 6. The van der Waals surface area contributed by atoms with Gasteiger partial charge in [0, 0.05) is 10.9 Å². The molecule has 1 aliphatic rings. The summed E-state index contributed by atoms with van der Waals surface area (Å²) in [7, 11) is 0. The van der Waals surface area contributed by atoms with E-state index in [1.165, 1.54) is 0 Å². The molecule has 146 valence electrons. The van der Waals surface area contributed by atoms with Gasteiger partial charge in [-0.1, -0.05) is 35.9 Å². The second-order valence-corrected chi connectivity index (χ2v) is 6.96. The van der Waals surface area contributed by atoms with Crippen molar-refractivity contribution in [1.82, 2.24) is 10.6 Å². The van der Waals surface area contributed by atoms with E-state index in [9.17, 15) is 4.79 Å². The van der Waals surface area contributed by atoms with Crippen LogP contribution in [0, 0.1) is 5.92 Å². The summed E-state index contributed by atoms with van der Waals surface area (Å²) in [6.45, 7) is 4.37. The Morgan fingerprint density at radius 2 is 1.89 bits per heavy atom. The van der Waals surface area contributed by atoms with Crippen LogP contribution in [-0.4, -0.2) is 25.6 Å². The number of hydrogen-bond acceptors (Lipinski definition) is 3. The fourth-order valence-corrected chi connectivity index (χ4v) is 3.51. The number of piperidine rings is 1. The summed E-state index contributed by atoms with van der Waals surface area (Å²) in [6, 6.07) is 15.3. The van der Waals surface area contributed by atoms with Crippen molar-refractivity contribution in [3.8, 4) is 5.75 Å². The van der Waals surface area contributed by atoms with Gasteiger partial charge in [0.1, 0.15) is 5.75 Å². The molecule has 1 aliphatic heterocycles. The molecule has 1 fully saturated rings. The van der Waals surface area contributed by atoms with Crippen LogP contribution in [0.2, 0.25) is 5.02 Å². The zero-order valence-corrected chi connectivity index (χ0v) is 17.0. The van der Waals surface area contributed by atoms with E-state index in [0.29, 0.717) is 11.6 Å². The summed E-state index contributed by atoms with van der Waals surface area (Å²) in [5, 5.41) is 7.19. The van der Waals surface area contributed by atoms with E-state index in [2.05, 4.69) is 10.6 Å². The first-order chi connectivity index (χ1) is 12.7. The van der Waals surface area contributed by atoms with Gasteiger partial charge >= 0.3 is 0 Å². The summed E-state index contributed by atoms with van der Waals surface area (Å²) in [5.41, 5.74) is 1.99. The first kappa shape index (κ1) is 21.5. The number of amides is 1. The molecule has 1 unspecified atom stereocenters. The second kappa shape index (κ2) is 10.5.